The number of carbonyl (C=O) groups excluding carboxylic acids is 2. The van der Waals surface area contributed by atoms with E-state index in [0.717, 1.165) is 21.8 Å². The fraction of sp³-hybridized carbons (Fsp3) is 0.133. The van der Waals surface area contributed by atoms with Crippen molar-refractivity contribution in [3.63, 3.8) is 0 Å². The van der Waals surface area contributed by atoms with Crippen molar-refractivity contribution in [3.05, 3.63) is 56.4 Å². The van der Waals surface area contributed by atoms with Crippen LogP contribution in [0.25, 0.3) is 4.96 Å². The summed E-state index contributed by atoms with van der Waals surface area (Å²) in [4.78, 5) is 42.4. The summed E-state index contributed by atoms with van der Waals surface area (Å²) >= 11 is 1.00. The van der Waals surface area contributed by atoms with Crippen molar-refractivity contribution >= 4 is 33.8 Å². The second-order valence-corrected chi connectivity index (χ2v) is 6.24. The Morgan fingerprint density at radius 3 is 2.61 bits per heavy atom. The quantitative estimate of drug-likeness (QED) is 0.634. The molecule has 4 rings (SSSR count). The van der Waals surface area contributed by atoms with Gasteiger partial charge >= 0.3 is 0 Å². The molecule has 0 radical (unpaired) electrons. The summed E-state index contributed by atoms with van der Waals surface area (Å²) in [7, 11) is 0. The van der Waals surface area contributed by atoms with Crippen molar-refractivity contribution < 1.29 is 9.59 Å². The zero-order valence-electron chi connectivity index (χ0n) is 12.2. The van der Waals surface area contributed by atoms with Crippen LogP contribution >= 0.6 is 11.3 Å². The Labute approximate surface area is 133 Å². The van der Waals surface area contributed by atoms with E-state index in [2.05, 4.69) is 10.1 Å². The van der Waals surface area contributed by atoms with Crippen LogP contribution in [-0.4, -0.2) is 26.4 Å². The van der Waals surface area contributed by atoms with Gasteiger partial charge in [-0.2, -0.15) is 14.6 Å². The van der Waals surface area contributed by atoms with E-state index in [1.807, 2.05) is 13.0 Å². The van der Waals surface area contributed by atoms with E-state index >= 15 is 0 Å². The lowest BCUT2D eigenvalue weighted by Crippen LogP contribution is -2.30. The maximum atomic E-state index is 12.7. The van der Waals surface area contributed by atoms with Crippen molar-refractivity contribution in [3.8, 4) is 0 Å². The third-order valence-electron chi connectivity index (χ3n) is 3.62. The van der Waals surface area contributed by atoms with Gasteiger partial charge in [0.15, 0.2) is 5.69 Å². The molecule has 1 aromatic carbocycles. The largest absolute Gasteiger partial charge is 0.295 e. The number of imide groups is 1. The smallest absolute Gasteiger partial charge is 0.267 e. The number of nitrogens with zero attached hydrogens (tertiary/aromatic N) is 4. The molecular weight excluding hydrogens is 316 g/mol. The average Bonchev–Trinajstić information content (AvgIpc) is 2.96. The summed E-state index contributed by atoms with van der Waals surface area (Å²) in [6.45, 7) is 3.41. The second kappa shape index (κ2) is 4.56. The van der Waals surface area contributed by atoms with Gasteiger partial charge in [-0.3, -0.25) is 14.4 Å². The zero-order chi connectivity index (χ0) is 16.3. The molecule has 3 heterocycles. The van der Waals surface area contributed by atoms with Crippen LogP contribution in [-0.2, 0) is 0 Å². The molecule has 2 aromatic heterocycles. The van der Waals surface area contributed by atoms with Gasteiger partial charge in [0.1, 0.15) is 10.6 Å². The zero-order valence-corrected chi connectivity index (χ0v) is 13.0. The van der Waals surface area contributed by atoms with Crippen molar-refractivity contribution in [1.82, 2.24) is 14.6 Å². The highest BCUT2D eigenvalue weighted by Gasteiger charge is 2.41. The summed E-state index contributed by atoms with van der Waals surface area (Å²) in [6.07, 6.45) is 0. The highest BCUT2D eigenvalue weighted by atomic mass is 32.1. The molecule has 23 heavy (non-hydrogen) atoms. The lowest BCUT2D eigenvalue weighted by atomic mass is 10.2. The molecule has 0 unspecified atom stereocenters. The maximum Gasteiger partial charge on any atom is 0.295 e. The van der Waals surface area contributed by atoms with E-state index in [0.29, 0.717) is 5.69 Å². The molecule has 1 aliphatic rings. The number of rotatable bonds is 1. The molecule has 8 heteroatoms. The SMILES string of the molecule is Cc1cccc(N2C(=O)c3sc4nc(=O)c(C)nn4c3C2=O)c1. The van der Waals surface area contributed by atoms with Crippen LogP contribution in [0.4, 0.5) is 5.69 Å². The topological polar surface area (TPSA) is 84.6 Å². The first-order valence-electron chi connectivity index (χ1n) is 6.83. The van der Waals surface area contributed by atoms with Gasteiger partial charge in [-0.15, -0.1) is 0 Å². The maximum absolute atomic E-state index is 12.7. The number of thiazole rings is 1. The molecular formula is C15H10N4O3S. The molecule has 0 N–H and O–H groups in total. The van der Waals surface area contributed by atoms with Gasteiger partial charge in [-0.1, -0.05) is 23.5 Å². The molecule has 0 atom stereocenters. The summed E-state index contributed by atoms with van der Waals surface area (Å²) < 4.78 is 1.28. The van der Waals surface area contributed by atoms with Gasteiger partial charge in [0.25, 0.3) is 17.4 Å². The van der Waals surface area contributed by atoms with E-state index in [4.69, 9.17) is 0 Å². The predicted molar refractivity (Wildman–Crippen MR) is 84.2 cm³/mol. The van der Waals surface area contributed by atoms with Gasteiger partial charge < -0.3 is 0 Å². The monoisotopic (exact) mass is 326 g/mol. The van der Waals surface area contributed by atoms with Gasteiger partial charge in [0.2, 0.25) is 4.96 Å². The number of hydrogen-bond acceptors (Lipinski definition) is 6. The molecule has 0 saturated carbocycles. The van der Waals surface area contributed by atoms with Gasteiger partial charge in [-0.05, 0) is 31.5 Å². The first kappa shape index (κ1) is 13.8. The minimum Gasteiger partial charge on any atom is -0.267 e. The molecule has 0 saturated heterocycles. The van der Waals surface area contributed by atoms with Crippen LogP contribution in [0.15, 0.2) is 29.1 Å². The third kappa shape index (κ3) is 1.85. The number of aryl methyl sites for hydroxylation is 2. The standard InChI is InChI=1S/C15H10N4O3S/c1-7-4-3-5-9(6-7)18-13(21)10-11(14(18)22)23-15-16-12(20)8(2)17-19(10)15/h3-6H,1-2H3. The van der Waals surface area contributed by atoms with Gasteiger partial charge in [-0.25, -0.2) is 4.90 Å². The van der Waals surface area contributed by atoms with Crippen molar-refractivity contribution in [1.29, 1.82) is 0 Å². The highest BCUT2D eigenvalue weighted by Crippen LogP contribution is 2.33. The van der Waals surface area contributed by atoms with E-state index in [9.17, 15) is 14.4 Å². The van der Waals surface area contributed by atoms with Crippen LogP contribution in [0.1, 0.15) is 31.4 Å². The van der Waals surface area contributed by atoms with E-state index < -0.39 is 17.4 Å². The van der Waals surface area contributed by atoms with E-state index in [-0.39, 0.29) is 21.2 Å². The first-order valence-corrected chi connectivity index (χ1v) is 7.65. The molecule has 7 nitrogen and oxygen atoms in total. The van der Waals surface area contributed by atoms with Crippen LogP contribution in [0.3, 0.4) is 0 Å². The Kier molecular flexibility index (Phi) is 2.73. The Morgan fingerprint density at radius 1 is 1.09 bits per heavy atom. The van der Waals surface area contributed by atoms with Crippen molar-refractivity contribution in [2.24, 2.45) is 0 Å². The second-order valence-electron chi connectivity index (χ2n) is 5.26. The number of amides is 2. The normalized spacial score (nSPS) is 13.9. The van der Waals surface area contributed by atoms with Crippen LogP contribution in [0.2, 0.25) is 0 Å². The molecule has 0 aliphatic carbocycles. The summed E-state index contributed by atoms with van der Waals surface area (Å²) in [6, 6.07) is 7.15. The van der Waals surface area contributed by atoms with Crippen LogP contribution in [0.5, 0.6) is 0 Å². The number of carbonyl (C=O) groups is 2. The lowest BCUT2D eigenvalue weighted by molar-refractivity contribution is 0.0924. The minimum absolute atomic E-state index is 0.159. The minimum atomic E-state index is -0.459. The van der Waals surface area contributed by atoms with E-state index in [1.165, 1.54) is 11.4 Å². The molecule has 2 amide bonds. The summed E-state index contributed by atoms with van der Waals surface area (Å²) in [5, 5.41) is 4.09. The van der Waals surface area contributed by atoms with E-state index in [1.54, 1.807) is 18.2 Å². The number of anilines is 1. The summed E-state index contributed by atoms with van der Waals surface area (Å²) in [5.74, 6) is -0.878. The predicted octanol–water partition coefficient (Wildman–Crippen LogP) is 1.57. The third-order valence-corrected chi connectivity index (χ3v) is 4.64. The Hall–Kier alpha value is -2.87. The van der Waals surface area contributed by atoms with Gasteiger partial charge in [0, 0.05) is 0 Å². The molecule has 3 aromatic rings. The number of hydrogen-bond donors (Lipinski definition) is 0. The fourth-order valence-corrected chi connectivity index (χ4v) is 3.51. The Balaban J connectivity index is 1.94. The van der Waals surface area contributed by atoms with Crippen molar-refractivity contribution in [2.45, 2.75) is 13.8 Å². The molecule has 0 spiro atoms. The lowest BCUT2D eigenvalue weighted by Gasteiger charge is -2.14. The van der Waals surface area contributed by atoms with Crippen LogP contribution < -0.4 is 10.5 Å². The fourth-order valence-electron chi connectivity index (χ4n) is 2.53. The van der Waals surface area contributed by atoms with Gasteiger partial charge in [0.05, 0.1) is 5.69 Å². The molecule has 0 fully saturated rings. The Bertz CT molecular complexity index is 1070. The Morgan fingerprint density at radius 2 is 1.87 bits per heavy atom. The average molecular weight is 326 g/mol. The number of fused-ring (bicyclic) bond motifs is 3. The highest BCUT2D eigenvalue weighted by molar-refractivity contribution is 7.19. The number of aromatic nitrogens is 3. The van der Waals surface area contributed by atoms with Crippen LogP contribution in [0, 0.1) is 13.8 Å². The first-order chi connectivity index (χ1) is 11.0. The molecule has 0 bridgehead atoms. The number of benzene rings is 1. The molecule has 1 aliphatic heterocycles. The molecule has 114 valence electrons. The van der Waals surface area contributed by atoms with Crippen molar-refractivity contribution in [2.75, 3.05) is 4.90 Å². The summed E-state index contributed by atoms with van der Waals surface area (Å²) in [5.41, 5.74) is 1.34.